The maximum Gasteiger partial charge on any atom is 0.407 e. The maximum atomic E-state index is 13.7. The molecule has 4 unspecified atom stereocenters. The SMILES string of the molecule is COC(=O)NC(C(=O)N1CCCC1c1ncc(-c2ccc(-c3ccc(-c4cnc(C5CCCN5C(=O)C(NC(=O)OC)C(C)C)[nH]4)c4oc(C)cc34)cc2)[nH]1)C(C)C. The van der Waals surface area contributed by atoms with Gasteiger partial charge in [-0.3, -0.25) is 9.59 Å². The monoisotopic (exact) mass is 792 g/mol. The van der Waals surface area contributed by atoms with Gasteiger partial charge in [0.05, 0.1) is 50.1 Å². The second-order valence-corrected chi connectivity index (χ2v) is 15.8. The molecule has 3 aromatic heterocycles. The van der Waals surface area contributed by atoms with E-state index in [1.165, 1.54) is 14.2 Å². The lowest BCUT2D eigenvalue weighted by atomic mass is 9.97. The Kier molecular flexibility index (Phi) is 11.6. The average Bonchev–Trinajstić information content (AvgIpc) is 4.06. The van der Waals surface area contributed by atoms with E-state index in [-0.39, 0.29) is 35.7 Å². The molecule has 5 heterocycles. The van der Waals surface area contributed by atoms with Crippen LogP contribution in [0.3, 0.4) is 0 Å². The Morgan fingerprint density at radius 3 is 1.72 bits per heavy atom. The summed E-state index contributed by atoms with van der Waals surface area (Å²) < 4.78 is 15.9. The summed E-state index contributed by atoms with van der Waals surface area (Å²) in [6, 6.07) is 12.5. The number of aromatic nitrogens is 4. The van der Waals surface area contributed by atoms with Crippen LogP contribution in [-0.4, -0.2) is 93.1 Å². The lowest BCUT2D eigenvalue weighted by molar-refractivity contribution is -0.136. The second-order valence-electron chi connectivity index (χ2n) is 15.8. The van der Waals surface area contributed by atoms with Crippen LogP contribution in [0.2, 0.25) is 0 Å². The Balaban J connectivity index is 1.09. The highest BCUT2D eigenvalue weighted by Crippen LogP contribution is 2.39. The Morgan fingerprint density at radius 1 is 0.724 bits per heavy atom. The molecule has 2 saturated heterocycles. The van der Waals surface area contributed by atoms with Crippen LogP contribution < -0.4 is 10.6 Å². The van der Waals surface area contributed by atoms with Crippen LogP contribution in [0.15, 0.2) is 59.3 Å². The average molecular weight is 793 g/mol. The van der Waals surface area contributed by atoms with Gasteiger partial charge in [-0.25, -0.2) is 19.6 Å². The number of imidazole rings is 2. The molecule has 0 spiro atoms. The highest BCUT2D eigenvalue weighted by atomic mass is 16.5. The number of methoxy groups -OCH3 is 2. The number of aromatic amines is 2. The number of H-pyrrole nitrogens is 2. The van der Waals surface area contributed by atoms with Crippen LogP contribution in [0.5, 0.6) is 0 Å². The molecule has 7 rings (SSSR count). The molecule has 2 aliphatic rings. The zero-order valence-electron chi connectivity index (χ0n) is 34.0. The predicted octanol–water partition coefficient (Wildman–Crippen LogP) is 7.28. The van der Waals surface area contributed by atoms with Crippen LogP contribution in [0.1, 0.15) is 82.9 Å². The third-order valence-electron chi connectivity index (χ3n) is 11.3. The summed E-state index contributed by atoms with van der Waals surface area (Å²) in [5.41, 5.74) is 6.18. The first-order valence-electron chi connectivity index (χ1n) is 19.9. The minimum atomic E-state index is -0.714. The van der Waals surface area contributed by atoms with E-state index in [1.807, 2.05) is 58.9 Å². The van der Waals surface area contributed by atoms with Crippen LogP contribution >= 0.6 is 0 Å². The molecule has 0 aliphatic carbocycles. The van der Waals surface area contributed by atoms with E-state index in [1.54, 1.807) is 22.2 Å². The second kappa shape index (κ2) is 16.8. The van der Waals surface area contributed by atoms with Crippen LogP contribution in [0.4, 0.5) is 9.59 Å². The Bertz CT molecular complexity index is 2290. The molecule has 306 valence electrons. The number of fused-ring (bicyclic) bond motifs is 1. The molecule has 0 saturated carbocycles. The van der Waals surface area contributed by atoms with Crippen molar-refractivity contribution in [3.05, 3.63) is 72.3 Å². The third-order valence-corrected chi connectivity index (χ3v) is 11.3. The largest absolute Gasteiger partial charge is 0.461 e. The number of benzene rings is 2. The molecule has 4 N–H and O–H groups in total. The fourth-order valence-corrected chi connectivity index (χ4v) is 8.22. The lowest BCUT2D eigenvalue weighted by Gasteiger charge is -2.30. The number of nitrogens with zero attached hydrogens (tertiary/aromatic N) is 4. The molecule has 15 nitrogen and oxygen atoms in total. The fraction of sp³-hybridized carbons (Fsp3) is 0.442. The number of carbonyl (C=O) groups is 4. The summed E-state index contributed by atoms with van der Waals surface area (Å²) in [4.78, 5) is 71.3. The van der Waals surface area contributed by atoms with Crippen molar-refractivity contribution < 1.29 is 33.1 Å². The molecule has 0 radical (unpaired) electrons. The molecule has 5 aromatic rings. The first-order valence-corrected chi connectivity index (χ1v) is 19.9. The number of ether oxygens (including phenoxy) is 2. The van der Waals surface area contributed by atoms with Crippen LogP contribution in [0.25, 0.3) is 44.6 Å². The quantitative estimate of drug-likeness (QED) is 0.107. The van der Waals surface area contributed by atoms with Gasteiger partial charge in [-0.05, 0) is 73.3 Å². The van der Waals surface area contributed by atoms with Gasteiger partial charge >= 0.3 is 12.2 Å². The van der Waals surface area contributed by atoms with E-state index >= 15 is 0 Å². The van der Waals surface area contributed by atoms with E-state index in [0.717, 1.165) is 76.1 Å². The number of rotatable bonds is 11. The predicted molar refractivity (Wildman–Crippen MR) is 217 cm³/mol. The van der Waals surface area contributed by atoms with Crippen molar-refractivity contribution in [3.8, 4) is 33.6 Å². The van der Waals surface area contributed by atoms with E-state index in [2.05, 4.69) is 38.8 Å². The molecule has 4 amide bonds. The van der Waals surface area contributed by atoms with Gasteiger partial charge in [0, 0.05) is 24.0 Å². The van der Waals surface area contributed by atoms with Gasteiger partial charge < -0.3 is 44.3 Å². The lowest BCUT2D eigenvalue weighted by Crippen LogP contribution is -2.51. The van der Waals surface area contributed by atoms with E-state index in [9.17, 15) is 19.2 Å². The number of carbonyl (C=O) groups excluding carboxylic acids is 4. The summed E-state index contributed by atoms with van der Waals surface area (Å²) in [6.07, 6.45) is 5.49. The number of hydrogen-bond donors (Lipinski definition) is 4. The Hall–Kier alpha value is -6.12. The van der Waals surface area contributed by atoms with E-state index in [0.29, 0.717) is 24.7 Å². The van der Waals surface area contributed by atoms with Gasteiger partial charge in [0.25, 0.3) is 0 Å². The summed E-state index contributed by atoms with van der Waals surface area (Å²) in [5, 5.41) is 6.36. The normalized spacial score (nSPS) is 17.9. The molecule has 2 aliphatic heterocycles. The molecule has 4 atom stereocenters. The van der Waals surface area contributed by atoms with Crippen molar-refractivity contribution in [2.45, 2.75) is 84.5 Å². The van der Waals surface area contributed by atoms with E-state index in [4.69, 9.17) is 23.9 Å². The Labute approximate surface area is 337 Å². The van der Waals surface area contributed by atoms with Gasteiger partial charge in [0.15, 0.2) is 0 Å². The maximum absolute atomic E-state index is 13.7. The minimum Gasteiger partial charge on any atom is -0.461 e. The molecular formula is C43H52N8O7. The summed E-state index contributed by atoms with van der Waals surface area (Å²) in [7, 11) is 2.57. The van der Waals surface area contributed by atoms with Gasteiger partial charge in [-0.2, -0.15) is 0 Å². The summed E-state index contributed by atoms with van der Waals surface area (Å²) in [5.74, 6) is 1.61. The van der Waals surface area contributed by atoms with Gasteiger partial charge in [0.1, 0.15) is 35.1 Å². The number of nitrogens with one attached hydrogen (secondary N) is 4. The third kappa shape index (κ3) is 7.89. The molecule has 15 heteroatoms. The molecule has 2 aromatic carbocycles. The van der Waals surface area contributed by atoms with Crippen LogP contribution in [0, 0.1) is 18.8 Å². The van der Waals surface area contributed by atoms with Crippen molar-refractivity contribution in [1.82, 2.24) is 40.4 Å². The zero-order valence-corrected chi connectivity index (χ0v) is 34.0. The molecular weight excluding hydrogens is 741 g/mol. The molecule has 2 fully saturated rings. The van der Waals surface area contributed by atoms with Crippen LogP contribution in [-0.2, 0) is 19.1 Å². The molecule has 58 heavy (non-hydrogen) atoms. The fourth-order valence-electron chi connectivity index (χ4n) is 8.22. The number of aryl methyl sites for hydroxylation is 1. The van der Waals surface area contributed by atoms with E-state index < -0.39 is 24.3 Å². The zero-order chi connectivity index (χ0) is 41.2. The first kappa shape index (κ1) is 40.1. The standard InChI is InChI=1S/C43H52N8O7/c1-23(2)35(48-42(54)56-6)40(52)50-18-8-10-33(50)38-44-21-31(46-38)27-14-12-26(13-15-27)28-16-17-29(37-30(28)20-25(5)58-37)32-22-45-39(47-32)34-11-9-19-51(34)41(53)36(24(3)4)49-43(55)57-7/h12-17,20-24,33-36H,8-11,18-19H2,1-7H3,(H,44,46)(H,45,47)(H,48,54)(H,49,55). The number of hydrogen-bond acceptors (Lipinski definition) is 9. The van der Waals surface area contributed by atoms with Gasteiger partial charge in [0.2, 0.25) is 11.8 Å². The van der Waals surface area contributed by atoms with Crippen molar-refractivity contribution in [2.75, 3.05) is 27.3 Å². The van der Waals surface area contributed by atoms with Crippen molar-refractivity contribution >= 4 is 35.0 Å². The smallest absolute Gasteiger partial charge is 0.407 e. The minimum absolute atomic E-state index is 0.116. The van der Waals surface area contributed by atoms with Crippen molar-refractivity contribution in [1.29, 1.82) is 0 Å². The van der Waals surface area contributed by atoms with Crippen molar-refractivity contribution in [2.24, 2.45) is 11.8 Å². The summed E-state index contributed by atoms with van der Waals surface area (Å²) in [6.45, 7) is 10.7. The first-order chi connectivity index (χ1) is 27.9. The highest BCUT2D eigenvalue weighted by Gasteiger charge is 2.39. The topological polar surface area (TPSA) is 188 Å². The number of alkyl carbamates (subject to hydrolysis) is 2. The number of amides is 4. The van der Waals surface area contributed by atoms with Gasteiger partial charge in [-0.1, -0.05) is 58.0 Å². The highest BCUT2D eigenvalue weighted by molar-refractivity contribution is 6.02. The van der Waals surface area contributed by atoms with Crippen molar-refractivity contribution in [3.63, 3.8) is 0 Å². The van der Waals surface area contributed by atoms with Gasteiger partial charge in [-0.15, -0.1) is 0 Å². The summed E-state index contributed by atoms with van der Waals surface area (Å²) >= 11 is 0. The number of furan rings is 1. The Morgan fingerprint density at radius 2 is 1.21 bits per heavy atom. The molecule has 0 bridgehead atoms. The number of likely N-dealkylation sites (tertiary alicyclic amines) is 2.